The zero-order valence-corrected chi connectivity index (χ0v) is 16.2. The molecule has 26 heavy (non-hydrogen) atoms. The number of amides is 1. The SMILES string of the molecule is COc1cccc(C(CNC(=O)c2ccc(S(C)(=O)=O)cc2)N(C)C)c1. The molecule has 6 nitrogen and oxygen atoms in total. The van der Waals surface area contributed by atoms with Crippen LogP contribution < -0.4 is 10.1 Å². The molecule has 0 heterocycles. The molecule has 1 unspecified atom stereocenters. The van der Waals surface area contributed by atoms with Crippen molar-refractivity contribution in [2.75, 3.05) is 34.0 Å². The summed E-state index contributed by atoms with van der Waals surface area (Å²) in [7, 11) is 2.22. The van der Waals surface area contributed by atoms with Gasteiger partial charge in [-0.15, -0.1) is 0 Å². The molecular formula is C19H24N2O4S. The normalized spacial score (nSPS) is 12.7. The Kier molecular flexibility index (Phi) is 6.39. The molecular weight excluding hydrogens is 352 g/mol. The molecule has 7 heteroatoms. The van der Waals surface area contributed by atoms with Crippen molar-refractivity contribution in [1.82, 2.24) is 10.2 Å². The number of carbonyl (C=O) groups is 1. The van der Waals surface area contributed by atoms with Gasteiger partial charge in [0.1, 0.15) is 5.75 Å². The van der Waals surface area contributed by atoms with Crippen molar-refractivity contribution < 1.29 is 17.9 Å². The molecule has 2 rings (SSSR count). The third-order valence-electron chi connectivity index (χ3n) is 4.10. The number of ether oxygens (including phenoxy) is 1. The second-order valence-electron chi connectivity index (χ2n) is 6.26. The molecule has 0 saturated heterocycles. The van der Waals surface area contributed by atoms with Gasteiger partial charge in [-0.05, 0) is 56.1 Å². The zero-order valence-electron chi connectivity index (χ0n) is 15.4. The van der Waals surface area contributed by atoms with E-state index in [0.717, 1.165) is 17.6 Å². The molecule has 0 bridgehead atoms. The van der Waals surface area contributed by atoms with Gasteiger partial charge in [0.2, 0.25) is 0 Å². The number of likely N-dealkylation sites (N-methyl/N-ethyl adjacent to an activating group) is 1. The molecule has 2 aromatic rings. The fraction of sp³-hybridized carbons (Fsp3) is 0.316. The fourth-order valence-corrected chi connectivity index (χ4v) is 3.22. The van der Waals surface area contributed by atoms with Crippen LogP contribution in [0, 0.1) is 0 Å². The standard InChI is InChI=1S/C19H24N2O4S/c1-21(2)18(15-6-5-7-16(12-15)25-3)13-20-19(22)14-8-10-17(11-9-14)26(4,23)24/h5-12,18H,13H2,1-4H3,(H,20,22). The number of methoxy groups -OCH3 is 1. The predicted molar refractivity (Wildman–Crippen MR) is 101 cm³/mol. The summed E-state index contributed by atoms with van der Waals surface area (Å²) in [5, 5.41) is 2.90. The third kappa shape index (κ3) is 5.06. The minimum absolute atomic E-state index is 0.0238. The van der Waals surface area contributed by atoms with Gasteiger partial charge in [0.05, 0.1) is 18.0 Å². The van der Waals surface area contributed by atoms with E-state index in [1.54, 1.807) is 7.11 Å². The number of nitrogens with zero attached hydrogens (tertiary/aromatic N) is 1. The van der Waals surface area contributed by atoms with Crippen molar-refractivity contribution in [3.8, 4) is 5.75 Å². The van der Waals surface area contributed by atoms with Crippen LogP contribution in [0.3, 0.4) is 0 Å². The van der Waals surface area contributed by atoms with Crippen LogP contribution in [0.4, 0.5) is 0 Å². The van der Waals surface area contributed by atoms with E-state index in [-0.39, 0.29) is 16.8 Å². The largest absolute Gasteiger partial charge is 0.497 e. The molecule has 2 aromatic carbocycles. The quantitative estimate of drug-likeness (QED) is 0.801. The maximum absolute atomic E-state index is 12.4. The first kappa shape index (κ1) is 19.9. The van der Waals surface area contributed by atoms with Crippen LogP contribution in [0.1, 0.15) is 22.0 Å². The lowest BCUT2D eigenvalue weighted by Gasteiger charge is -2.25. The van der Waals surface area contributed by atoms with Crippen LogP contribution in [-0.2, 0) is 9.84 Å². The van der Waals surface area contributed by atoms with Gasteiger partial charge in [0, 0.05) is 18.4 Å². The van der Waals surface area contributed by atoms with Crippen molar-refractivity contribution in [1.29, 1.82) is 0 Å². The summed E-state index contributed by atoms with van der Waals surface area (Å²) in [5.41, 5.74) is 1.45. The Morgan fingerprint density at radius 2 is 1.81 bits per heavy atom. The number of nitrogens with one attached hydrogen (secondary N) is 1. The molecule has 0 aliphatic heterocycles. The lowest BCUT2D eigenvalue weighted by Crippen LogP contribution is -2.34. The number of hydrogen-bond acceptors (Lipinski definition) is 5. The van der Waals surface area contributed by atoms with Crippen molar-refractivity contribution in [2.45, 2.75) is 10.9 Å². The van der Waals surface area contributed by atoms with Crippen molar-refractivity contribution in [3.05, 3.63) is 59.7 Å². The second-order valence-corrected chi connectivity index (χ2v) is 8.28. The Morgan fingerprint density at radius 1 is 1.15 bits per heavy atom. The van der Waals surface area contributed by atoms with Crippen LogP contribution in [-0.4, -0.2) is 53.2 Å². The lowest BCUT2D eigenvalue weighted by atomic mass is 10.1. The highest BCUT2D eigenvalue weighted by atomic mass is 32.2. The van der Waals surface area contributed by atoms with Gasteiger partial charge in [-0.3, -0.25) is 4.79 Å². The first-order chi connectivity index (χ1) is 12.2. The van der Waals surface area contributed by atoms with Gasteiger partial charge in [-0.1, -0.05) is 12.1 Å². The van der Waals surface area contributed by atoms with Crippen LogP contribution in [0.2, 0.25) is 0 Å². The minimum atomic E-state index is -3.28. The van der Waals surface area contributed by atoms with Gasteiger partial charge in [-0.2, -0.15) is 0 Å². The predicted octanol–water partition coefficient (Wildman–Crippen LogP) is 2.13. The molecule has 0 aromatic heterocycles. The molecule has 140 valence electrons. The van der Waals surface area contributed by atoms with E-state index < -0.39 is 9.84 Å². The average molecular weight is 376 g/mol. The summed E-state index contributed by atoms with van der Waals surface area (Å²) in [6.07, 6.45) is 1.14. The number of sulfone groups is 1. The second kappa shape index (κ2) is 8.33. The summed E-state index contributed by atoms with van der Waals surface area (Å²) in [4.78, 5) is 14.6. The number of carbonyl (C=O) groups excluding carboxylic acids is 1. The molecule has 0 saturated carbocycles. The number of benzene rings is 2. The molecule has 0 fully saturated rings. The summed E-state index contributed by atoms with van der Waals surface area (Å²) in [5.74, 6) is 0.511. The summed E-state index contributed by atoms with van der Waals surface area (Å²) < 4.78 is 28.3. The van der Waals surface area contributed by atoms with E-state index in [9.17, 15) is 13.2 Å². The van der Waals surface area contributed by atoms with Crippen LogP contribution in [0.15, 0.2) is 53.4 Å². The Labute approximate surface area is 154 Å². The van der Waals surface area contributed by atoms with E-state index >= 15 is 0 Å². The minimum Gasteiger partial charge on any atom is -0.497 e. The van der Waals surface area contributed by atoms with E-state index in [1.807, 2.05) is 43.3 Å². The number of hydrogen-bond donors (Lipinski definition) is 1. The van der Waals surface area contributed by atoms with E-state index in [4.69, 9.17) is 4.74 Å². The third-order valence-corrected chi connectivity index (χ3v) is 5.23. The highest BCUT2D eigenvalue weighted by Crippen LogP contribution is 2.22. The topological polar surface area (TPSA) is 75.7 Å². The first-order valence-corrected chi connectivity index (χ1v) is 10.00. The van der Waals surface area contributed by atoms with Crippen LogP contribution >= 0.6 is 0 Å². The van der Waals surface area contributed by atoms with E-state index in [1.165, 1.54) is 24.3 Å². The fourth-order valence-electron chi connectivity index (χ4n) is 2.59. The monoisotopic (exact) mass is 376 g/mol. The zero-order chi connectivity index (χ0) is 19.3. The highest BCUT2D eigenvalue weighted by molar-refractivity contribution is 7.90. The molecule has 0 aliphatic rings. The highest BCUT2D eigenvalue weighted by Gasteiger charge is 2.17. The Bertz CT molecular complexity index is 861. The molecule has 1 amide bonds. The Hall–Kier alpha value is -2.38. The van der Waals surface area contributed by atoms with Crippen LogP contribution in [0.5, 0.6) is 5.75 Å². The molecule has 1 atom stereocenters. The van der Waals surface area contributed by atoms with Gasteiger partial charge >= 0.3 is 0 Å². The maximum Gasteiger partial charge on any atom is 0.251 e. The Morgan fingerprint density at radius 3 is 2.35 bits per heavy atom. The van der Waals surface area contributed by atoms with Gasteiger partial charge in [0.15, 0.2) is 9.84 Å². The lowest BCUT2D eigenvalue weighted by molar-refractivity contribution is 0.0942. The summed E-state index contributed by atoms with van der Waals surface area (Å²) in [6, 6.07) is 13.6. The van der Waals surface area contributed by atoms with Crippen LogP contribution in [0.25, 0.3) is 0 Å². The first-order valence-electron chi connectivity index (χ1n) is 8.11. The van der Waals surface area contributed by atoms with Gasteiger partial charge in [-0.25, -0.2) is 8.42 Å². The van der Waals surface area contributed by atoms with Gasteiger partial charge < -0.3 is 15.0 Å². The molecule has 1 N–H and O–H groups in total. The van der Waals surface area contributed by atoms with E-state index in [0.29, 0.717) is 12.1 Å². The Balaban J connectivity index is 2.10. The van der Waals surface area contributed by atoms with E-state index in [2.05, 4.69) is 5.32 Å². The average Bonchev–Trinajstić information content (AvgIpc) is 2.61. The van der Waals surface area contributed by atoms with Gasteiger partial charge in [0.25, 0.3) is 5.91 Å². The van der Waals surface area contributed by atoms with Crippen molar-refractivity contribution in [2.24, 2.45) is 0 Å². The molecule has 0 aliphatic carbocycles. The van der Waals surface area contributed by atoms with Crippen molar-refractivity contribution in [3.63, 3.8) is 0 Å². The summed E-state index contributed by atoms with van der Waals surface area (Å²) >= 11 is 0. The molecule has 0 spiro atoms. The summed E-state index contributed by atoms with van der Waals surface area (Å²) in [6.45, 7) is 0.410. The molecule has 0 radical (unpaired) electrons. The maximum atomic E-state index is 12.4. The number of rotatable bonds is 7. The smallest absolute Gasteiger partial charge is 0.251 e. The van der Waals surface area contributed by atoms with Crippen molar-refractivity contribution >= 4 is 15.7 Å².